The topological polar surface area (TPSA) is 26.0 Å². The van der Waals surface area contributed by atoms with Crippen LogP contribution < -0.4 is 5.73 Å². The van der Waals surface area contributed by atoms with Crippen LogP contribution in [0.4, 0.5) is 0 Å². The highest BCUT2D eigenvalue weighted by Gasteiger charge is 2.25. The van der Waals surface area contributed by atoms with Gasteiger partial charge in [0, 0.05) is 11.6 Å². The smallest absolute Gasteiger partial charge is 0.0347 e. The number of allylic oxidation sites excluding steroid dienone is 6. The lowest BCUT2D eigenvalue weighted by molar-refractivity contribution is 0.902. The SMILES string of the molecule is C=C(N)/C=C(\C(=C)C)C(C(C(=C)C)=C(C)C)c1ccc(C)cc1C.CC.CC. The van der Waals surface area contributed by atoms with Crippen LogP contribution in [0.5, 0.6) is 0 Å². The molecule has 1 nitrogen and oxygen atoms in total. The molecule has 0 aliphatic heterocycles. The van der Waals surface area contributed by atoms with Crippen LogP contribution >= 0.6 is 0 Å². The van der Waals surface area contributed by atoms with Crippen LogP contribution in [0.25, 0.3) is 0 Å². The first-order chi connectivity index (χ1) is 13.1. The molecule has 1 unspecified atom stereocenters. The summed E-state index contributed by atoms with van der Waals surface area (Å²) < 4.78 is 0. The fourth-order valence-corrected chi connectivity index (χ4v) is 3.24. The van der Waals surface area contributed by atoms with E-state index in [0.29, 0.717) is 5.70 Å². The summed E-state index contributed by atoms with van der Waals surface area (Å²) in [4.78, 5) is 0. The molecular formula is C27H43N. The van der Waals surface area contributed by atoms with E-state index in [9.17, 15) is 0 Å². The summed E-state index contributed by atoms with van der Waals surface area (Å²) in [5.41, 5.74) is 15.9. The molecule has 1 aromatic carbocycles. The molecule has 2 N–H and O–H groups in total. The summed E-state index contributed by atoms with van der Waals surface area (Å²) in [6.07, 6.45) is 1.94. The molecule has 0 aromatic heterocycles. The second-order valence-corrected chi connectivity index (χ2v) is 6.94. The zero-order chi connectivity index (χ0) is 22.6. The van der Waals surface area contributed by atoms with E-state index < -0.39 is 0 Å². The lowest BCUT2D eigenvalue weighted by atomic mass is 9.76. The molecule has 0 saturated heterocycles. The van der Waals surface area contributed by atoms with E-state index in [1.54, 1.807) is 0 Å². The molecule has 28 heavy (non-hydrogen) atoms. The van der Waals surface area contributed by atoms with Crippen molar-refractivity contribution >= 4 is 0 Å². The minimum absolute atomic E-state index is 0.0610. The van der Waals surface area contributed by atoms with Gasteiger partial charge in [-0.1, -0.05) is 87.9 Å². The van der Waals surface area contributed by atoms with Gasteiger partial charge in [-0.05, 0) is 69.9 Å². The average molecular weight is 382 g/mol. The molecule has 0 heterocycles. The normalized spacial score (nSPS) is 11.1. The van der Waals surface area contributed by atoms with E-state index in [0.717, 1.165) is 16.7 Å². The molecule has 0 saturated carbocycles. The van der Waals surface area contributed by atoms with Gasteiger partial charge in [0.15, 0.2) is 0 Å². The van der Waals surface area contributed by atoms with Gasteiger partial charge < -0.3 is 5.73 Å². The molecule has 0 spiro atoms. The number of nitrogens with two attached hydrogens (primary N) is 1. The van der Waals surface area contributed by atoms with Crippen molar-refractivity contribution in [3.63, 3.8) is 0 Å². The van der Waals surface area contributed by atoms with Crippen molar-refractivity contribution in [3.05, 3.63) is 94.3 Å². The highest BCUT2D eigenvalue weighted by atomic mass is 14.5. The van der Waals surface area contributed by atoms with Gasteiger partial charge in [0.1, 0.15) is 0 Å². The molecule has 0 fully saturated rings. The van der Waals surface area contributed by atoms with Crippen molar-refractivity contribution in [2.45, 2.75) is 75.2 Å². The van der Waals surface area contributed by atoms with Crippen LogP contribution in [0.3, 0.4) is 0 Å². The standard InChI is InChI=1S/C23H31N.2C2H6/c1-14(2)21(13-19(9)24)23(22(15(3)4)16(5)6)20-11-10-17(7)12-18(20)8;2*1-2/h10-13,23H,1,3,9,24H2,2,4-8H3;2*1-2H3/b21-13+;;. The molecular weight excluding hydrogens is 338 g/mol. The minimum Gasteiger partial charge on any atom is -0.399 e. The maximum atomic E-state index is 5.91. The Hall–Kier alpha value is -2.28. The van der Waals surface area contributed by atoms with Crippen LogP contribution in [-0.4, -0.2) is 0 Å². The number of hydrogen-bond donors (Lipinski definition) is 1. The van der Waals surface area contributed by atoms with Crippen molar-refractivity contribution in [2.24, 2.45) is 5.73 Å². The van der Waals surface area contributed by atoms with E-state index in [4.69, 9.17) is 5.73 Å². The Balaban J connectivity index is 0. The van der Waals surface area contributed by atoms with Crippen molar-refractivity contribution in [1.82, 2.24) is 0 Å². The number of hydrogen-bond acceptors (Lipinski definition) is 1. The second-order valence-electron chi connectivity index (χ2n) is 6.94. The van der Waals surface area contributed by atoms with Crippen molar-refractivity contribution in [2.75, 3.05) is 0 Å². The highest BCUT2D eigenvalue weighted by Crippen LogP contribution is 2.41. The molecule has 1 atom stereocenters. The first-order valence-electron chi connectivity index (χ1n) is 10.3. The monoisotopic (exact) mass is 381 g/mol. The second kappa shape index (κ2) is 13.8. The van der Waals surface area contributed by atoms with Gasteiger partial charge in [0.05, 0.1) is 0 Å². The largest absolute Gasteiger partial charge is 0.399 e. The molecule has 1 rings (SSSR count). The first-order valence-corrected chi connectivity index (χ1v) is 10.3. The maximum absolute atomic E-state index is 5.91. The quantitative estimate of drug-likeness (QED) is 0.492. The third kappa shape index (κ3) is 8.17. The minimum atomic E-state index is 0.0610. The lowest BCUT2D eigenvalue weighted by Crippen LogP contribution is -2.12. The summed E-state index contributed by atoms with van der Waals surface area (Å²) in [5, 5.41) is 0. The Morgan fingerprint density at radius 2 is 1.39 bits per heavy atom. The van der Waals surface area contributed by atoms with Gasteiger partial charge in [0.25, 0.3) is 0 Å². The Bertz CT molecular complexity index is 738. The summed E-state index contributed by atoms with van der Waals surface area (Å²) in [6, 6.07) is 6.58. The molecule has 156 valence electrons. The summed E-state index contributed by atoms with van der Waals surface area (Å²) in [5.74, 6) is 0.0610. The summed E-state index contributed by atoms with van der Waals surface area (Å²) >= 11 is 0. The van der Waals surface area contributed by atoms with Gasteiger partial charge in [-0.15, -0.1) is 0 Å². The van der Waals surface area contributed by atoms with Crippen molar-refractivity contribution in [3.8, 4) is 0 Å². The third-order valence-electron chi connectivity index (χ3n) is 4.17. The van der Waals surface area contributed by atoms with Gasteiger partial charge in [-0.3, -0.25) is 0 Å². The summed E-state index contributed by atoms with van der Waals surface area (Å²) in [6.45, 7) is 32.9. The van der Waals surface area contributed by atoms with Gasteiger partial charge in [0.2, 0.25) is 0 Å². The van der Waals surface area contributed by atoms with Crippen molar-refractivity contribution < 1.29 is 0 Å². The molecule has 0 radical (unpaired) electrons. The maximum Gasteiger partial charge on any atom is 0.0347 e. The highest BCUT2D eigenvalue weighted by molar-refractivity contribution is 5.55. The van der Waals surface area contributed by atoms with E-state index in [1.165, 1.54) is 27.8 Å². The van der Waals surface area contributed by atoms with Crippen LogP contribution in [-0.2, 0) is 0 Å². The predicted octanol–water partition coefficient (Wildman–Crippen LogP) is 8.33. The zero-order valence-electron chi connectivity index (χ0n) is 20.1. The Labute approximate surface area is 175 Å². The molecule has 0 amide bonds. The van der Waals surface area contributed by atoms with E-state index >= 15 is 0 Å². The van der Waals surface area contributed by atoms with Crippen LogP contribution in [0.15, 0.2) is 77.6 Å². The van der Waals surface area contributed by atoms with Crippen molar-refractivity contribution in [1.29, 1.82) is 0 Å². The zero-order valence-corrected chi connectivity index (χ0v) is 20.1. The van der Waals surface area contributed by atoms with Gasteiger partial charge >= 0.3 is 0 Å². The first kappa shape index (κ1) is 27.9. The average Bonchev–Trinajstić information content (AvgIpc) is 2.60. The van der Waals surface area contributed by atoms with E-state index in [-0.39, 0.29) is 5.92 Å². The summed E-state index contributed by atoms with van der Waals surface area (Å²) in [7, 11) is 0. The Morgan fingerprint density at radius 1 is 0.893 bits per heavy atom. The number of rotatable bonds is 6. The van der Waals surface area contributed by atoms with E-state index in [1.807, 2.05) is 40.7 Å². The van der Waals surface area contributed by atoms with Crippen LogP contribution in [0.1, 0.15) is 78.0 Å². The molecule has 1 aromatic rings. The van der Waals surface area contributed by atoms with Gasteiger partial charge in [-0.2, -0.15) is 0 Å². The molecule has 0 bridgehead atoms. The molecule has 0 aliphatic carbocycles. The third-order valence-corrected chi connectivity index (χ3v) is 4.17. The fourth-order valence-electron chi connectivity index (χ4n) is 3.24. The van der Waals surface area contributed by atoms with E-state index in [2.05, 4.69) is 72.6 Å². The Morgan fingerprint density at radius 3 is 1.71 bits per heavy atom. The molecule has 0 aliphatic rings. The number of aryl methyl sites for hydroxylation is 2. The Kier molecular flexibility index (Phi) is 13.8. The van der Waals surface area contributed by atoms with Crippen LogP contribution in [0, 0.1) is 13.8 Å². The van der Waals surface area contributed by atoms with Crippen LogP contribution in [0.2, 0.25) is 0 Å². The lowest BCUT2D eigenvalue weighted by Gasteiger charge is -2.28. The fraction of sp³-hybridized carbons (Fsp3) is 0.407. The number of benzene rings is 1. The molecule has 1 heteroatoms. The van der Waals surface area contributed by atoms with Gasteiger partial charge in [-0.25, -0.2) is 0 Å². The predicted molar refractivity (Wildman–Crippen MR) is 131 cm³/mol.